The Kier molecular flexibility index (Phi) is 9.06. The fraction of sp³-hybridized carbons (Fsp3) is 0.395. The normalized spacial score (nSPS) is 17.9. The molecule has 0 radical (unpaired) electrons. The van der Waals surface area contributed by atoms with Crippen molar-refractivity contribution < 1.29 is 9.59 Å². The quantitative estimate of drug-likeness (QED) is 0.197. The van der Waals surface area contributed by atoms with Crippen LogP contribution < -0.4 is 16.0 Å². The van der Waals surface area contributed by atoms with Gasteiger partial charge in [-0.25, -0.2) is 4.98 Å². The van der Waals surface area contributed by atoms with Crippen LogP contribution in [0.2, 0.25) is 5.02 Å². The topological polar surface area (TPSA) is 96.5 Å². The molecule has 2 heterocycles. The SMILES string of the molecule is Cc1nc2c(n1-c1ccc(Cl)c(N)c1)C(=O)N(c1ccc(-c3ccccc3CN(C3CCCCC3)C3CCCCC3)cc1)CC(=O)N2. The molecule has 0 saturated heterocycles. The number of halogens is 1. The molecule has 1 aromatic heterocycles. The predicted octanol–water partition coefficient (Wildman–Crippen LogP) is 8.15. The van der Waals surface area contributed by atoms with E-state index in [1.165, 1.54) is 80.2 Å². The van der Waals surface area contributed by atoms with E-state index in [4.69, 9.17) is 17.3 Å². The lowest BCUT2D eigenvalue weighted by Gasteiger charge is -2.42. The van der Waals surface area contributed by atoms with Gasteiger partial charge in [-0.05, 0) is 79.6 Å². The van der Waals surface area contributed by atoms with Crippen molar-refractivity contribution in [2.24, 2.45) is 0 Å². The Balaban J connectivity index is 1.18. The second-order valence-electron chi connectivity index (χ2n) is 13.3. The number of imidazole rings is 1. The van der Waals surface area contributed by atoms with Gasteiger partial charge in [-0.2, -0.15) is 0 Å². The third kappa shape index (κ3) is 6.41. The first-order valence-corrected chi connectivity index (χ1v) is 17.5. The van der Waals surface area contributed by atoms with E-state index in [9.17, 15) is 9.59 Å². The van der Waals surface area contributed by atoms with Crippen LogP contribution in [0.3, 0.4) is 0 Å². The lowest BCUT2D eigenvalue weighted by Crippen LogP contribution is -2.44. The van der Waals surface area contributed by atoms with Crippen LogP contribution in [0.5, 0.6) is 0 Å². The minimum atomic E-state index is -0.323. The first-order chi connectivity index (χ1) is 22.9. The first-order valence-electron chi connectivity index (χ1n) is 17.1. The number of aryl methyl sites for hydroxylation is 1. The molecule has 3 N–H and O–H groups in total. The minimum Gasteiger partial charge on any atom is -0.397 e. The number of amides is 2. The molecule has 4 aromatic rings. The fourth-order valence-electron chi connectivity index (χ4n) is 7.87. The molecule has 2 fully saturated rings. The molecule has 3 aromatic carbocycles. The summed E-state index contributed by atoms with van der Waals surface area (Å²) in [7, 11) is 0. The van der Waals surface area contributed by atoms with E-state index in [0.29, 0.717) is 40.0 Å². The molecule has 244 valence electrons. The van der Waals surface area contributed by atoms with Gasteiger partial charge in [0.1, 0.15) is 12.4 Å². The number of hydrogen-bond donors (Lipinski definition) is 2. The third-order valence-corrected chi connectivity index (χ3v) is 10.6. The fourth-order valence-corrected chi connectivity index (χ4v) is 7.98. The molecule has 9 heteroatoms. The largest absolute Gasteiger partial charge is 0.397 e. The van der Waals surface area contributed by atoms with Crippen LogP contribution in [-0.4, -0.2) is 44.9 Å². The van der Waals surface area contributed by atoms with E-state index in [1.807, 2.05) is 12.1 Å². The number of aromatic nitrogens is 2. The van der Waals surface area contributed by atoms with E-state index >= 15 is 0 Å². The Morgan fingerprint density at radius 3 is 2.17 bits per heavy atom. The van der Waals surface area contributed by atoms with Crippen LogP contribution in [0.1, 0.15) is 86.1 Å². The first kappa shape index (κ1) is 31.5. The summed E-state index contributed by atoms with van der Waals surface area (Å²) in [5.74, 6) is 0.155. The van der Waals surface area contributed by atoms with Gasteiger partial charge in [0, 0.05) is 30.0 Å². The second kappa shape index (κ2) is 13.5. The number of carbonyl (C=O) groups excluding carboxylic acids is 2. The Morgan fingerprint density at radius 2 is 1.51 bits per heavy atom. The predicted molar refractivity (Wildman–Crippen MR) is 189 cm³/mol. The summed E-state index contributed by atoms with van der Waals surface area (Å²) < 4.78 is 1.72. The van der Waals surface area contributed by atoms with Gasteiger partial charge in [0.15, 0.2) is 11.5 Å². The number of fused-ring (bicyclic) bond motifs is 1. The maximum atomic E-state index is 14.2. The number of rotatable bonds is 7. The highest BCUT2D eigenvalue weighted by molar-refractivity contribution is 6.33. The summed E-state index contributed by atoms with van der Waals surface area (Å²) in [4.78, 5) is 36.1. The van der Waals surface area contributed by atoms with E-state index < -0.39 is 0 Å². The van der Waals surface area contributed by atoms with Crippen molar-refractivity contribution in [2.45, 2.75) is 89.8 Å². The van der Waals surface area contributed by atoms with E-state index in [0.717, 1.165) is 12.1 Å². The molecular weight excluding hydrogens is 608 g/mol. The number of hydrogen-bond acceptors (Lipinski definition) is 5. The van der Waals surface area contributed by atoms with Crippen LogP contribution in [0, 0.1) is 6.92 Å². The molecule has 2 amide bonds. The molecule has 0 spiro atoms. The Labute approximate surface area is 281 Å². The molecule has 0 bridgehead atoms. The number of anilines is 3. The number of benzene rings is 3. The second-order valence-corrected chi connectivity index (χ2v) is 13.7. The highest BCUT2D eigenvalue weighted by atomic mass is 35.5. The van der Waals surface area contributed by atoms with Crippen molar-refractivity contribution in [1.82, 2.24) is 14.5 Å². The molecule has 2 aliphatic carbocycles. The van der Waals surface area contributed by atoms with Gasteiger partial charge in [-0.15, -0.1) is 0 Å². The lowest BCUT2D eigenvalue weighted by molar-refractivity contribution is -0.114. The third-order valence-electron chi connectivity index (χ3n) is 10.2. The summed E-state index contributed by atoms with van der Waals surface area (Å²) in [6.45, 7) is 2.63. The van der Waals surface area contributed by atoms with Crippen molar-refractivity contribution >= 4 is 40.6 Å². The summed E-state index contributed by atoms with van der Waals surface area (Å²) in [6.07, 6.45) is 13.3. The van der Waals surface area contributed by atoms with Gasteiger partial charge in [0.05, 0.1) is 10.7 Å². The maximum Gasteiger partial charge on any atom is 0.279 e. The number of nitrogens with one attached hydrogen (secondary N) is 1. The van der Waals surface area contributed by atoms with Gasteiger partial charge in [0.25, 0.3) is 5.91 Å². The minimum absolute atomic E-state index is 0.120. The van der Waals surface area contributed by atoms with Crippen molar-refractivity contribution in [3.63, 3.8) is 0 Å². The zero-order valence-electron chi connectivity index (χ0n) is 27.1. The number of nitrogens with two attached hydrogens (primary N) is 1. The van der Waals surface area contributed by atoms with Gasteiger partial charge in [0.2, 0.25) is 5.91 Å². The molecule has 7 rings (SSSR count). The Bertz CT molecular complexity index is 1750. The Hall–Kier alpha value is -4.14. The van der Waals surface area contributed by atoms with Crippen LogP contribution in [0.25, 0.3) is 16.8 Å². The van der Waals surface area contributed by atoms with E-state index in [-0.39, 0.29) is 29.9 Å². The summed E-state index contributed by atoms with van der Waals surface area (Å²) in [5, 5.41) is 3.26. The average Bonchev–Trinajstić information content (AvgIpc) is 3.36. The zero-order valence-corrected chi connectivity index (χ0v) is 27.8. The van der Waals surface area contributed by atoms with Crippen LogP contribution in [0.4, 0.5) is 17.2 Å². The summed E-state index contributed by atoms with van der Waals surface area (Å²) >= 11 is 6.18. The van der Waals surface area contributed by atoms with Gasteiger partial charge < -0.3 is 11.1 Å². The molecule has 2 saturated carbocycles. The summed E-state index contributed by atoms with van der Waals surface area (Å²) in [6, 6.07) is 23.3. The molecule has 0 atom stereocenters. The maximum absolute atomic E-state index is 14.2. The molecule has 3 aliphatic rings. The number of carbonyl (C=O) groups is 2. The Morgan fingerprint density at radius 1 is 0.872 bits per heavy atom. The average molecular weight is 651 g/mol. The number of nitrogens with zero attached hydrogens (tertiary/aromatic N) is 4. The lowest BCUT2D eigenvalue weighted by atomic mass is 9.87. The highest BCUT2D eigenvalue weighted by Gasteiger charge is 2.34. The number of nitrogen functional groups attached to an aromatic ring is 1. The summed E-state index contributed by atoms with van der Waals surface area (Å²) in [5.41, 5.74) is 11.7. The smallest absolute Gasteiger partial charge is 0.279 e. The van der Waals surface area contributed by atoms with Gasteiger partial charge in [-0.1, -0.05) is 86.5 Å². The standard InChI is InChI=1S/C38H43ClN6O2/c1-25-41-37-36(45(25)31-20-21-33(39)34(40)22-31)38(47)44(24-35(46)42-37)30-18-16-26(17-19-30)32-15-9-8-10-27(32)23-43(28-11-4-2-5-12-28)29-13-6-3-7-14-29/h8-10,15-22,28-29H,2-7,11-14,23-24,40H2,1H3,(H,42,46). The molecule has 47 heavy (non-hydrogen) atoms. The molecule has 8 nitrogen and oxygen atoms in total. The molecule has 0 unspecified atom stereocenters. The van der Waals surface area contributed by atoms with Crippen LogP contribution in [0.15, 0.2) is 66.7 Å². The van der Waals surface area contributed by atoms with Crippen molar-refractivity contribution in [2.75, 3.05) is 22.5 Å². The van der Waals surface area contributed by atoms with Crippen LogP contribution >= 0.6 is 11.6 Å². The van der Waals surface area contributed by atoms with Crippen molar-refractivity contribution in [3.05, 3.63) is 88.8 Å². The highest BCUT2D eigenvalue weighted by Crippen LogP contribution is 2.35. The monoisotopic (exact) mass is 650 g/mol. The van der Waals surface area contributed by atoms with Crippen molar-refractivity contribution in [1.29, 1.82) is 0 Å². The molecular formula is C38H43ClN6O2. The van der Waals surface area contributed by atoms with Gasteiger partial charge in [-0.3, -0.25) is 24.0 Å². The van der Waals surface area contributed by atoms with Crippen molar-refractivity contribution in [3.8, 4) is 16.8 Å². The van der Waals surface area contributed by atoms with E-state index in [1.54, 1.807) is 29.7 Å². The van der Waals surface area contributed by atoms with Crippen LogP contribution in [-0.2, 0) is 11.3 Å². The van der Waals surface area contributed by atoms with E-state index in [2.05, 4.69) is 51.6 Å². The van der Waals surface area contributed by atoms with Gasteiger partial charge >= 0.3 is 0 Å². The zero-order chi connectivity index (χ0) is 32.5. The molecule has 1 aliphatic heterocycles.